The minimum atomic E-state index is -0.145. The van der Waals surface area contributed by atoms with Gasteiger partial charge in [-0.2, -0.15) is 0 Å². The molecule has 3 nitrogen and oxygen atoms in total. The topological polar surface area (TPSA) is 41.1 Å². The fourth-order valence-corrected chi connectivity index (χ4v) is 1.87. The first-order valence-electron chi connectivity index (χ1n) is 4.36. The maximum atomic E-state index is 11.0. The molecular weight excluding hydrogens is 291 g/mol. The number of nitrogens with one attached hydrogen (secondary N) is 2. The molecule has 0 aliphatic carbocycles. The molecule has 0 aromatic heterocycles. The molecule has 0 radical (unpaired) electrons. The molecule has 0 fully saturated rings. The van der Waals surface area contributed by atoms with Gasteiger partial charge in [0.25, 0.3) is 0 Å². The number of carbonyl (C=O) groups excluding carboxylic acids is 1. The summed E-state index contributed by atoms with van der Waals surface area (Å²) in [6, 6.07) is 7.96. The zero-order chi connectivity index (χ0) is 10.4. The molecule has 1 rings (SSSR count). The van der Waals surface area contributed by atoms with Gasteiger partial charge in [0.1, 0.15) is 0 Å². The van der Waals surface area contributed by atoms with Crippen LogP contribution in [0.1, 0.15) is 11.1 Å². The van der Waals surface area contributed by atoms with E-state index in [0.29, 0.717) is 6.54 Å². The molecule has 0 aliphatic rings. The fourth-order valence-electron chi connectivity index (χ4n) is 1.12. The fraction of sp³-hybridized carbons (Fsp3) is 0.300. The number of amides is 2. The largest absolute Gasteiger partial charge is 0.341 e. The Balaban J connectivity index is 2.61. The van der Waals surface area contributed by atoms with Gasteiger partial charge < -0.3 is 10.6 Å². The van der Waals surface area contributed by atoms with Crippen molar-refractivity contribution < 1.29 is 4.79 Å². The highest BCUT2D eigenvalue weighted by molar-refractivity contribution is 14.1. The highest BCUT2D eigenvalue weighted by Gasteiger charge is 2.01. The van der Waals surface area contributed by atoms with Crippen LogP contribution in [0.15, 0.2) is 24.3 Å². The van der Waals surface area contributed by atoms with Gasteiger partial charge in [-0.05, 0) is 11.1 Å². The van der Waals surface area contributed by atoms with E-state index in [1.165, 1.54) is 11.1 Å². The summed E-state index contributed by atoms with van der Waals surface area (Å²) in [5.41, 5.74) is 2.44. The smallest absolute Gasteiger partial charge is 0.314 e. The average Bonchev–Trinajstić information content (AvgIpc) is 2.26. The van der Waals surface area contributed by atoms with Gasteiger partial charge in [-0.1, -0.05) is 46.9 Å². The van der Waals surface area contributed by atoms with Crippen molar-refractivity contribution in [1.29, 1.82) is 0 Å². The normalized spacial score (nSPS) is 9.57. The molecule has 0 saturated heterocycles. The van der Waals surface area contributed by atoms with Crippen molar-refractivity contribution in [3.8, 4) is 0 Å². The number of rotatable bonds is 3. The maximum absolute atomic E-state index is 11.0. The molecule has 0 saturated carbocycles. The third-order valence-corrected chi connectivity index (χ3v) is 2.75. The molecule has 14 heavy (non-hydrogen) atoms. The minimum Gasteiger partial charge on any atom is -0.341 e. The van der Waals surface area contributed by atoms with Crippen LogP contribution in [0.3, 0.4) is 0 Å². The van der Waals surface area contributed by atoms with Crippen LogP contribution in [-0.4, -0.2) is 13.1 Å². The van der Waals surface area contributed by atoms with Crippen molar-refractivity contribution in [3.63, 3.8) is 0 Å². The van der Waals surface area contributed by atoms with Gasteiger partial charge in [-0.25, -0.2) is 4.79 Å². The average molecular weight is 304 g/mol. The number of carbonyl (C=O) groups is 1. The molecule has 1 aromatic rings. The molecule has 0 aliphatic heterocycles. The Morgan fingerprint density at radius 3 is 2.57 bits per heavy atom. The summed E-state index contributed by atoms with van der Waals surface area (Å²) in [6.45, 7) is 0.582. The van der Waals surface area contributed by atoms with E-state index in [9.17, 15) is 4.79 Å². The van der Waals surface area contributed by atoms with Gasteiger partial charge in [0, 0.05) is 18.0 Å². The number of benzene rings is 1. The second-order valence-corrected chi connectivity index (χ2v) is 3.60. The highest BCUT2D eigenvalue weighted by atomic mass is 127. The number of hydrogen-bond donors (Lipinski definition) is 2. The lowest BCUT2D eigenvalue weighted by Crippen LogP contribution is -2.32. The van der Waals surface area contributed by atoms with E-state index < -0.39 is 0 Å². The lowest BCUT2D eigenvalue weighted by molar-refractivity contribution is 0.242. The molecule has 0 heterocycles. The van der Waals surface area contributed by atoms with E-state index in [2.05, 4.69) is 39.3 Å². The zero-order valence-corrected chi connectivity index (χ0v) is 10.2. The monoisotopic (exact) mass is 304 g/mol. The van der Waals surface area contributed by atoms with E-state index in [-0.39, 0.29) is 6.03 Å². The predicted octanol–water partition coefficient (Wildman–Crippen LogP) is 2.05. The minimum absolute atomic E-state index is 0.145. The van der Waals surface area contributed by atoms with Crippen LogP contribution in [-0.2, 0) is 11.0 Å². The van der Waals surface area contributed by atoms with E-state index in [4.69, 9.17) is 0 Å². The van der Waals surface area contributed by atoms with Gasteiger partial charge in [0.15, 0.2) is 0 Å². The van der Waals surface area contributed by atoms with Crippen LogP contribution in [0.5, 0.6) is 0 Å². The van der Waals surface area contributed by atoms with Crippen LogP contribution in [0, 0.1) is 0 Å². The number of hydrogen-bond acceptors (Lipinski definition) is 1. The molecule has 0 bridgehead atoms. The Morgan fingerprint density at radius 1 is 1.36 bits per heavy atom. The summed E-state index contributed by atoms with van der Waals surface area (Å²) in [5, 5.41) is 5.29. The predicted molar refractivity (Wildman–Crippen MR) is 65.5 cm³/mol. The number of halogens is 1. The van der Waals surface area contributed by atoms with E-state index in [1.54, 1.807) is 7.05 Å². The molecule has 0 atom stereocenters. The van der Waals surface area contributed by atoms with Crippen molar-refractivity contribution in [1.82, 2.24) is 10.6 Å². The Hall–Kier alpha value is -0.780. The second-order valence-electron chi connectivity index (χ2n) is 2.84. The van der Waals surface area contributed by atoms with Crippen LogP contribution in [0.4, 0.5) is 4.79 Å². The first-order valence-corrected chi connectivity index (χ1v) is 5.88. The summed E-state index contributed by atoms with van der Waals surface area (Å²) in [4.78, 5) is 11.0. The highest BCUT2D eigenvalue weighted by Crippen LogP contribution is 2.12. The first-order chi connectivity index (χ1) is 6.77. The quantitative estimate of drug-likeness (QED) is 0.651. The van der Waals surface area contributed by atoms with Crippen LogP contribution >= 0.6 is 22.6 Å². The molecule has 4 heteroatoms. The Labute approximate surface area is 97.4 Å². The molecule has 1 aromatic carbocycles. The van der Waals surface area contributed by atoms with Gasteiger partial charge in [-0.3, -0.25) is 0 Å². The zero-order valence-electron chi connectivity index (χ0n) is 8.01. The van der Waals surface area contributed by atoms with E-state index >= 15 is 0 Å². The van der Waals surface area contributed by atoms with Crippen LogP contribution in [0.2, 0.25) is 0 Å². The van der Waals surface area contributed by atoms with Crippen molar-refractivity contribution >= 4 is 28.6 Å². The second kappa shape index (κ2) is 5.85. The SMILES string of the molecule is CNC(=O)NCc1ccccc1CI. The summed E-state index contributed by atoms with van der Waals surface area (Å²) in [5.74, 6) is 0. The Bertz CT molecular complexity index is 315. The first kappa shape index (κ1) is 11.3. The third-order valence-electron chi connectivity index (χ3n) is 1.93. The summed E-state index contributed by atoms with van der Waals surface area (Å²) >= 11 is 2.32. The maximum Gasteiger partial charge on any atom is 0.314 e. The Kier molecular flexibility index (Phi) is 4.72. The van der Waals surface area contributed by atoms with Crippen molar-refractivity contribution in [2.75, 3.05) is 7.05 Å². The molecule has 0 spiro atoms. The molecule has 0 unspecified atom stereocenters. The molecule has 2 N–H and O–H groups in total. The van der Waals surface area contributed by atoms with Crippen LogP contribution in [0.25, 0.3) is 0 Å². The Morgan fingerprint density at radius 2 is 2.00 bits per heavy atom. The van der Waals surface area contributed by atoms with E-state index in [1.807, 2.05) is 18.2 Å². The van der Waals surface area contributed by atoms with Crippen molar-refractivity contribution in [3.05, 3.63) is 35.4 Å². The number of alkyl halides is 1. The van der Waals surface area contributed by atoms with Crippen LogP contribution < -0.4 is 10.6 Å². The molecule has 76 valence electrons. The third kappa shape index (κ3) is 3.17. The van der Waals surface area contributed by atoms with Crippen molar-refractivity contribution in [2.24, 2.45) is 0 Å². The van der Waals surface area contributed by atoms with Gasteiger partial charge in [0.05, 0.1) is 0 Å². The number of urea groups is 1. The lowest BCUT2D eigenvalue weighted by Gasteiger charge is -2.08. The van der Waals surface area contributed by atoms with Gasteiger partial charge in [-0.15, -0.1) is 0 Å². The summed E-state index contributed by atoms with van der Waals surface area (Å²) in [7, 11) is 1.61. The van der Waals surface area contributed by atoms with E-state index in [0.717, 1.165) is 4.43 Å². The molecular formula is C10H13IN2O. The molecule has 2 amide bonds. The van der Waals surface area contributed by atoms with Crippen molar-refractivity contribution in [2.45, 2.75) is 11.0 Å². The lowest BCUT2D eigenvalue weighted by atomic mass is 10.1. The summed E-state index contributed by atoms with van der Waals surface area (Å²) < 4.78 is 0.962. The van der Waals surface area contributed by atoms with Gasteiger partial charge in [0.2, 0.25) is 0 Å². The summed E-state index contributed by atoms with van der Waals surface area (Å²) in [6.07, 6.45) is 0. The van der Waals surface area contributed by atoms with Gasteiger partial charge >= 0.3 is 6.03 Å². The standard InChI is InChI=1S/C10H13IN2O/c1-12-10(14)13-7-9-5-3-2-4-8(9)6-11/h2-5H,6-7H2,1H3,(H2,12,13,14).